The van der Waals surface area contributed by atoms with E-state index in [1.165, 1.54) is 7.11 Å². The van der Waals surface area contributed by atoms with E-state index in [0.29, 0.717) is 12.0 Å². The molecule has 5 rings (SSSR count). The zero-order valence-corrected chi connectivity index (χ0v) is 24.5. The van der Waals surface area contributed by atoms with Crippen LogP contribution in [0.1, 0.15) is 34.9 Å². The highest BCUT2D eigenvalue weighted by molar-refractivity contribution is 5.49. The average molecular weight is 573 g/mol. The molecule has 0 amide bonds. The molecule has 220 valence electrons. The Kier molecular flexibility index (Phi) is 8.91. The third kappa shape index (κ3) is 5.63. The number of aromatic nitrogens is 2. The van der Waals surface area contributed by atoms with Gasteiger partial charge >= 0.3 is 6.01 Å². The molecule has 3 aromatic carbocycles. The Morgan fingerprint density at radius 2 is 1.40 bits per heavy atom. The van der Waals surface area contributed by atoms with Gasteiger partial charge in [0.05, 0.1) is 34.0 Å². The van der Waals surface area contributed by atoms with Crippen LogP contribution in [0.3, 0.4) is 0 Å². The van der Waals surface area contributed by atoms with Gasteiger partial charge in [0, 0.05) is 25.3 Å². The van der Waals surface area contributed by atoms with Crippen molar-refractivity contribution in [2.24, 2.45) is 0 Å². The standard InChI is InChI=1S/C33H36N2O7/c1-22-20-35(32(40-5)34-31(22)36)30-19-28(39-4)29(42-30)21-41-33(23-9-7-6-8-10-23,24-11-15-26(37-2)16-12-24)25-13-17-27(38-3)18-14-25/h6-18,20,28-30H,19,21H2,1-5H3. The van der Waals surface area contributed by atoms with E-state index in [9.17, 15) is 4.79 Å². The number of hydrogen-bond donors (Lipinski definition) is 0. The van der Waals surface area contributed by atoms with Gasteiger partial charge in [-0.1, -0.05) is 54.6 Å². The van der Waals surface area contributed by atoms with Crippen LogP contribution in [0.25, 0.3) is 0 Å². The number of aryl methyl sites for hydroxylation is 1. The fraction of sp³-hybridized carbons (Fsp3) is 0.333. The molecule has 9 heteroatoms. The highest BCUT2D eigenvalue weighted by atomic mass is 16.6. The molecular weight excluding hydrogens is 536 g/mol. The van der Waals surface area contributed by atoms with Crippen molar-refractivity contribution in [3.63, 3.8) is 0 Å². The van der Waals surface area contributed by atoms with Gasteiger partial charge in [-0.3, -0.25) is 9.36 Å². The van der Waals surface area contributed by atoms with Crippen molar-refractivity contribution >= 4 is 0 Å². The monoisotopic (exact) mass is 572 g/mol. The minimum absolute atomic E-state index is 0.183. The van der Waals surface area contributed by atoms with Gasteiger partial charge in [-0.2, -0.15) is 4.98 Å². The molecule has 0 aliphatic carbocycles. The van der Waals surface area contributed by atoms with Crippen molar-refractivity contribution in [2.45, 2.75) is 37.4 Å². The zero-order valence-electron chi connectivity index (χ0n) is 24.5. The van der Waals surface area contributed by atoms with Crippen molar-refractivity contribution in [3.05, 3.63) is 118 Å². The highest BCUT2D eigenvalue weighted by Gasteiger charge is 2.43. The van der Waals surface area contributed by atoms with Crippen LogP contribution in [0.4, 0.5) is 0 Å². The summed E-state index contributed by atoms with van der Waals surface area (Å²) >= 11 is 0. The Morgan fingerprint density at radius 1 is 0.833 bits per heavy atom. The minimum atomic E-state index is -0.993. The predicted molar refractivity (Wildman–Crippen MR) is 157 cm³/mol. The molecule has 0 N–H and O–H groups in total. The molecule has 4 aromatic rings. The fourth-order valence-electron chi connectivity index (χ4n) is 5.46. The summed E-state index contributed by atoms with van der Waals surface area (Å²) in [5, 5.41) is 0. The molecule has 3 atom stereocenters. The first kappa shape index (κ1) is 29.3. The second kappa shape index (κ2) is 12.8. The van der Waals surface area contributed by atoms with E-state index in [4.69, 9.17) is 28.4 Å². The SMILES string of the molecule is COc1ccc(C(OCC2OC(n3cc(C)c(=O)nc3OC)CC2OC)(c2ccccc2)c2ccc(OC)cc2)cc1. The van der Waals surface area contributed by atoms with Crippen LogP contribution in [0.2, 0.25) is 0 Å². The molecule has 42 heavy (non-hydrogen) atoms. The third-order valence-electron chi connectivity index (χ3n) is 7.70. The summed E-state index contributed by atoms with van der Waals surface area (Å²) in [5.74, 6) is 1.49. The Labute approximate surface area is 245 Å². The Bertz CT molecular complexity index is 1470. The minimum Gasteiger partial charge on any atom is -0.497 e. The van der Waals surface area contributed by atoms with Crippen LogP contribution in [0.15, 0.2) is 89.9 Å². The summed E-state index contributed by atoms with van der Waals surface area (Å²) in [6, 6.07) is 26.0. The molecule has 3 unspecified atom stereocenters. The summed E-state index contributed by atoms with van der Waals surface area (Å²) < 4.78 is 37.5. The van der Waals surface area contributed by atoms with Gasteiger partial charge in [0.1, 0.15) is 29.4 Å². The lowest BCUT2D eigenvalue weighted by Gasteiger charge is -2.37. The molecule has 0 saturated carbocycles. The fourth-order valence-corrected chi connectivity index (χ4v) is 5.46. The third-order valence-corrected chi connectivity index (χ3v) is 7.70. The topological polar surface area (TPSA) is 90.3 Å². The second-order valence-electron chi connectivity index (χ2n) is 10.1. The summed E-state index contributed by atoms with van der Waals surface area (Å²) in [7, 11) is 6.43. The lowest BCUT2D eigenvalue weighted by molar-refractivity contribution is -0.0995. The Balaban J connectivity index is 1.55. The van der Waals surface area contributed by atoms with Crippen molar-refractivity contribution in [3.8, 4) is 17.5 Å². The Morgan fingerprint density at radius 3 is 1.93 bits per heavy atom. The molecule has 1 fully saturated rings. The first-order valence-corrected chi connectivity index (χ1v) is 13.7. The van der Waals surface area contributed by atoms with E-state index < -0.39 is 17.9 Å². The zero-order chi connectivity index (χ0) is 29.7. The molecular formula is C33H36N2O7. The lowest BCUT2D eigenvalue weighted by atomic mass is 9.80. The molecule has 0 bridgehead atoms. The van der Waals surface area contributed by atoms with Crippen LogP contribution in [0, 0.1) is 6.92 Å². The maximum atomic E-state index is 12.1. The molecule has 1 aliphatic heterocycles. The first-order chi connectivity index (χ1) is 20.4. The summed E-state index contributed by atoms with van der Waals surface area (Å²) in [6.07, 6.45) is 1.06. The second-order valence-corrected chi connectivity index (χ2v) is 10.1. The van der Waals surface area contributed by atoms with Crippen molar-refractivity contribution in [1.29, 1.82) is 0 Å². The molecule has 0 spiro atoms. The smallest absolute Gasteiger partial charge is 0.301 e. The molecule has 1 aliphatic rings. The lowest BCUT2D eigenvalue weighted by Crippen LogP contribution is -2.38. The van der Waals surface area contributed by atoms with Crippen LogP contribution in [-0.2, 0) is 19.8 Å². The van der Waals surface area contributed by atoms with Gasteiger partial charge in [0.2, 0.25) is 0 Å². The normalized spacial score (nSPS) is 18.5. The molecule has 2 heterocycles. The van der Waals surface area contributed by atoms with Crippen LogP contribution in [0.5, 0.6) is 17.5 Å². The van der Waals surface area contributed by atoms with Gasteiger partial charge in [-0.25, -0.2) is 0 Å². The maximum absolute atomic E-state index is 12.1. The molecule has 0 radical (unpaired) electrons. The quantitative estimate of drug-likeness (QED) is 0.235. The van der Waals surface area contributed by atoms with Crippen molar-refractivity contribution in [1.82, 2.24) is 9.55 Å². The largest absolute Gasteiger partial charge is 0.497 e. The van der Waals surface area contributed by atoms with E-state index in [1.54, 1.807) is 39.0 Å². The molecule has 1 aromatic heterocycles. The maximum Gasteiger partial charge on any atom is 0.301 e. The van der Waals surface area contributed by atoms with Crippen LogP contribution < -0.4 is 19.8 Å². The van der Waals surface area contributed by atoms with Gasteiger partial charge in [0.25, 0.3) is 5.56 Å². The van der Waals surface area contributed by atoms with Crippen molar-refractivity contribution in [2.75, 3.05) is 35.0 Å². The predicted octanol–water partition coefficient (Wildman–Crippen LogP) is 4.89. The van der Waals surface area contributed by atoms with Crippen molar-refractivity contribution < 1.29 is 28.4 Å². The van der Waals surface area contributed by atoms with Crippen LogP contribution in [-0.4, -0.2) is 56.8 Å². The number of rotatable bonds is 11. The van der Waals surface area contributed by atoms with E-state index >= 15 is 0 Å². The number of benzene rings is 3. The van der Waals surface area contributed by atoms with E-state index in [1.807, 2.05) is 66.7 Å². The number of methoxy groups -OCH3 is 4. The van der Waals surface area contributed by atoms with Gasteiger partial charge in [0.15, 0.2) is 0 Å². The molecule has 1 saturated heterocycles. The van der Waals surface area contributed by atoms with Gasteiger partial charge in [-0.05, 0) is 47.9 Å². The average Bonchev–Trinajstić information content (AvgIpc) is 3.46. The van der Waals surface area contributed by atoms with Crippen LogP contribution >= 0.6 is 0 Å². The van der Waals surface area contributed by atoms with E-state index in [0.717, 1.165) is 28.2 Å². The van der Waals surface area contributed by atoms with E-state index in [-0.39, 0.29) is 24.3 Å². The van der Waals surface area contributed by atoms with E-state index in [2.05, 4.69) is 17.1 Å². The first-order valence-electron chi connectivity index (χ1n) is 13.7. The summed E-state index contributed by atoms with van der Waals surface area (Å²) in [6.45, 7) is 1.92. The number of nitrogens with zero attached hydrogens (tertiary/aromatic N) is 2. The number of hydrogen-bond acceptors (Lipinski definition) is 8. The summed E-state index contributed by atoms with van der Waals surface area (Å²) in [5.41, 5.74) is 1.96. The summed E-state index contributed by atoms with van der Waals surface area (Å²) in [4.78, 5) is 16.2. The van der Waals surface area contributed by atoms with Gasteiger partial charge in [-0.15, -0.1) is 0 Å². The number of ether oxygens (including phenoxy) is 6. The molecule has 9 nitrogen and oxygen atoms in total. The Hall–Kier alpha value is -4.18. The van der Waals surface area contributed by atoms with Gasteiger partial charge < -0.3 is 28.4 Å². The highest BCUT2D eigenvalue weighted by Crippen LogP contribution is 2.43.